The van der Waals surface area contributed by atoms with Gasteiger partial charge in [-0.3, -0.25) is 0 Å². The SMILES string of the molecule is CCC(C)S(=O)(=O)C(CN)c1ccccc1. The molecule has 0 aliphatic carbocycles. The topological polar surface area (TPSA) is 60.2 Å². The van der Waals surface area contributed by atoms with Crippen LogP contribution in [0.5, 0.6) is 0 Å². The van der Waals surface area contributed by atoms with Gasteiger partial charge in [-0.25, -0.2) is 8.42 Å². The zero-order chi connectivity index (χ0) is 12.2. The van der Waals surface area contributed by atoms with Gasteiger partial charge in [0.2, 0.25) is 0 Å². The largest absolute Gasteiger partial charge is 0.329 e. The average molecular weight is 241 g/mol. The molecule has 0 bridgehead atoms. The molecule has 0 radical (unpaired) electrons. The van der Waals surface area contributed by atoms with Crippen molar-refractivity contribution < 1.29 is 8.42 Å². The summed E-state index contributed by atoms with van der Waals surface area (Å²) in [5.74, 6) is 0. The molecule has 0 fully saturated rings. The first kappa shape index (κ1) is 13.2. The normalized spacial score (nSPS) is 15.7. The minimum Gasteiger partial charge on any atom is -0.329 e. The molecule has 0 saturated heterocycles. The molecular formula is C12H19NO2S. The fourth-order valence-electron chi connectivity index (χ4n) is 1.64. The Morgan fingerprint density at radius 3 is 2.25 bits per heavy atom. The van der Waals surface area contributed by atoms with Crippen LogP contribution in [0.3, 0.4) is 0 Å². The third-order valence-corrected chi connectivity index (χ3v) is 5.63. The Morgan fingerprint density at radius 1 is 1.25 bits per heavy atom. The van der Waals surface area contributed by atoms with Gasteiger partial charge in [0.05, 0.1) is 10.5 Å². The van der Waals surface area contributed by atoms with E-state index in [9.17, 15) is 8.42 Å². The number of sulfone groups is 1. The van der Waals surface area contributed by atoms with Gasteiger partial charge in [-0.05, 0) is 18.9 Å². The van der Waals surface area contributed by atoms with E-state index in [1.165, 1.54) is 0 Å². The van der Waals surface area contributed by atoms with Gasteiger partial charge in [0.15, 0.2) is 9.84 Å². The number of hydrogen-bond donors (Lipinski definition) is 1. The monoisotopic (exact) mass is 241 g/mol. The van der Waals surface area contributed by atoms with Crippen molar-refractivity contribution in [2.24, 2.45) is 5.73 Å². The maximum atomic E-state index is 12.2. The molecule has 1 aromatic rings. The lowest BCUT2D eigenvalue weighted by Crippen LogP contribution is -2.29. The fourth-order valence-corrected chi connectivity index (χ4v) is 3.47. The van der Waals surface area contributed by atoms with E-state index in [1.807, 2.05) is 37.3 Å². The van der Waals surface area contributed by atoms with Gasteiger partial charge in [-0.2, -0.15) is 0 Å². The van der Waals surface area contributed by atoms with Crippen LogP contribution in [-0.2, 0) is 9.84 Å². The van der Waals surface area contributed by atoms with Crippen molar-refractivity contribution in [3.8, 4) is 0 Å². The summed E-state index contributed by atoms with van der Waals surface area (Å²) >= 11 is 0. The third kappa shape index (κ3) is 2.62. The summed E-state index contributed by atoms with van der Waals surface area (Å²) in [7, 11) is -3.18. The predicted molar refractivity (Wildman–Crippen MR) is 66.9 cm³/mol. The quantitative estimate of drug-likeness (QED) is 0.856. The number of rotatable bonds is 5. The standard InChI is InChI=1S/C12H19NO2S/c1-3-10(2)16(14,15)12(9-13)11-7-5-4-6-8-11/h4-8,10,12H,3,9,13H2,1-2H3. The molecule has 0 aliphatic rings. The second kappa shape index (κ2) is 5.46. The van der Waals surface area contributed by atoms with Gasteiger partial charge in [0, 0.05) is 6.54 Å². The minimum atomic E-state index is -3.18. The summed E-state index contributed by atoms with van der Waals surface area (Å²) < 4.78 is 24.4. The first-order chi connectivity index (χ1) is 7.54. The molecule has 90 valence electrons. The van der Waals surface area contributed by atoms with E-state index in [4.69, 9.17) is 5.73 Å². The molecule has 3 nitrogen and oxygen atoms in total. The first-order valence-corrected chi connectivity index (χ1v) is 7.12. The minimum absolute atomic E-state index is 0.136. The maximum Gasteiger partial charge on any atom is 0.161 e. The molecule has 0 aliphatic heterocycles. The summed E-state index contributed by atoms with van der Waals surface area (Å²) in [6.45, 7) is 3.75. The van der Waals surface area contributed by atoms with Gasteiger partial charge in [0.1, 0.15) is 0 Å². The van der Waals surface area contributed by atoms with Crippen LogP contribution in [0.4, 0.5) is 0 Å². The molecule has 0 amide bonds. The van der Waals surface area contributed by atoms with Crippen LogP contribution >= 0.6 is 0 Å². The summed E-state index contributed by atoms with van der Waals surface area (Å²) in [5, 5.41) is -0.926. The van der Waals surface area contributed by atoms with E-state index in [0.29, 0.717) is 6.42 Å². The van der Waals surface area contributed by atoms with Crippen LogP contribution in [0.2, 0.25) is 0 Å². The molecule has 2 unspecified atom stereocenters. The van der Waals surface area contributed by atoms with Gasteiger partial charge in [0.25, 0.3) is 0 Å². The van der Waals surface area contributed by atoms with E-state index in [0.717, 1.165) is 5.56 Å². The second-order valence-corrected chi connectivity index (χ2v) is 6.49. The Kier molecular flexibility index (Phi) is 4.50. The van der Waals surface area contributed by atoms with Crippen molar-refractivity contribution in [3.05, 3.63) is 35.9 Å². The van der Waals surface area contributed by atoms with Crippen LogP contribution in [0.25, 0.3) is 0 Å². The lowest BCUT2D eigenvalue weighted by molar-refractivity contribution is 0.567. The molecule has 16 heavy (non-hydrogen) atoms. The lowest BCUT2D eigenvalue weighted by atomic mass is 10.1. The molecule has 2 atom stereocenters. The highest BCUT2D eigenvalue weighted by molar-refractivity contribution is 7.92. The van der Waals surface area contributed by atoms with E-state index in [1.54, 1.807) is 6.92 Å². The highest BCUT2D eigenvalue weighted by Gasteiger charge is 2.30. The Morgan fingerprint density at radius 2 is 1.81 bits per heavy atom. The number of hydrogen-bond acceptors (Lipinski definition) is 3. The maximum absolute atomic E-state index is 12.2. The van der Waals surface area contributed by atoms with E-state index >= 15 is 0 Å². The zero-order valence-corrected chi connectivity index (χ0v) is 10.6. The molecule has 1 rings (SSSR count). The van der Waals surface area contributed by atoms with Crippen molar-refractivity contribution >= 4 is 9.84 Å². The molecule has 1 aromatic carbocycles. The summed E-state index contributed by atoms with van der Waals surface area (Å²) in [6, 6.07) is 9.18. The average Bonchev–Trinajstić information content (AvgIpc) is 2.30. The van der Waals surface area contributed by atoms with Crippen LogP contribution in [0.1, 0.15) is 31.1 Å². The summed E-state index contributed by atoms with van der Waals surface area (Å²) in [6.07, 6.45) is 0.617. The highest BCUT2D eigenvalue weighted by atomic mass is 32.2. The van der Waals surface area contributed by atoms with Crippen molar-refractivity contribution in [3.63, 3.8) is 0 Å². The summed E-state index contributed by atoms with van der Waals surface area (Å²) in [5.41, 5.74) is 6.39. The zero-order valence-electron chi connectivity index (χ0n) is 9.76. The van der Waals surface area contributed by atoms with Crippen molar-refractivity contribution in [1.29, 1.82) is 0 Å². The Labute approximate surface area is 97.6 Å². The lowest BCUT2D eigenvalue weighted by Gasteiger charge is -2.20. The van der Waals surface area contributed by atoms with Crippen molar-refractivity contribution in [1.82, 2.24) is 0 Å². The van der Waals surface area contributed by atoms with Crippen molar-refractivity contribution in [2.45, 2.75) is 30.8 Å². The smallest absolute Gasteiger partial charge is 0.161 e. The number of nitrogens with two attached hydrogens (primary N) is 1. The van der Waals surface area contributed by atoms with Crippen LogP contribution in [0, 0.1) is 0 Å². The van der Waals surface area contributed by atoms with E-state index in [2.05, 4.69) is 0 Å². The Hall–Kier alpha value is -0.870. The molecule has 0 aromatic heterocycles. The van der Waals surface area contributed by atoms with Gasteiger partial charge in [-0.1, -0.05) is 37.3 Å². The fraction of sp³-hybridized carbons (Fsp3) is 0.500. The van der Waals surface area contributed by atoms with E-state index < -0.39 is 15.1 Å². The second-order valence-electron chi connectivity index (χ2n) is 3.94. The number of benzene rings is 1. The van der Waals surface area contributed by atoms with Crippen LogP contribution in [0.15, 0.2) is 30.3 Å². The molecular weight excluding hydrogens is 222 g/mol. The predicted octanol–water partition coefficient (Wildman–Crippen LogP) is 1.90. The Bertz CT molecular complexity index is 414. The summed E-state index contributed by atoms with van der Waals surface area (Å²) in [4.78, 5) is 0. The third-order valence-electron chi connectivity index (χ3n) is 2.92. The highest BCUT2D eigenvalue weighted by Crippen LogP contribution is 2.25. The van der Waals surface area contributed by atoms with Gasteiger partial charge < -0.3 is 5.73 Å². The first-order valence-electron chi connectivity index (χ1n) is 5.51. The van der Waals surface area contributed by atoms with Crippen LogP contribution in [-0.4, -0.2) is 20.2 Å². The Balaban J connectivity index is 3.09. The molecule has 2 N–H and O–H groups in total. The van der Waals surface area contributed by atoms with Gasteiger partial charge in [-0.15, -0.1) is 0 Å². The molecule has 0 spiro atoms. The van der Waals surface area contributed by atoms with Crippen molar-refractivity contribution in [2.75, 3.05) is 6.54 Å². The molecule has 0 saturated carbocycles. The molecule has 0 heterocycles. The molecule has 4 heteroatoms. The van der Waals surface area contributed by atoms with Crippen LogP contribution < -0.4 is 5.73 Å². The van der Waals surface area contributed by atoms with E-state index in [-0.39, 0.29) is 11.8 Å². The van der Waals surface area contributed by atoms with Gasteiger partial charge >= 0.3 is 0 Å².